The summed E-state index contributed by atoms with van der Waals surface area (Å²) < 4.78 is 22.0. The molecule has 0 radical (unpaired) electrons. The fourth-order valence-electron chi connectivity index (χ4n) is 4.22. The molecule has 2 amide bonds. The minimum Gasteiger partial charge on any atom is -0.490 e. The van der Waals surface area contributed by atoms with Crippen LogP contribution in [0.5, 0.6) is 23.0 Å². The predicted molar refractivity (Wildman–Crippen MR) is 121 cm³/mol. The van der Waals surface area contributed by atoms with Crippen LogP contribution in [0.15, 0.2) is 36.4 Å². The number of fused-ring (bicyclic) bond motifs is 2. The van der Waals surface area contributed by atoms with Gasteiger partial charge in [-0.1, -0.05) is 0 Å². The van der Waals surface area contributed by atoms with Crippen LogP contribution in [0.25, 0.3) is 0 Å². The van der Waals surface area contributed by atoms with E-state index in [0.717, 1.165) is 6.42 Å². The zero-order valence-electron chi connectivity index (χ0n) is 18.3. The average Bonchev–Trinajstić information content (AvgIpc) is 3.16. The van der Waals surface area contributed by atoms with Crippen molar-refractivity contribution in [2.24, 2.45) is 5.92 Å². The van der Waals surface area contributed by atoms with Gasteiger partial charge in [-0.2, -0.15) is 0 Å². The van der Waals surface area contributed by atoms with Gasteiger partial charge in [-0.25, -0.2) is 0 Å². The molecular formula is C24H27N3O6. The molecule has 0 saturated carbocycles. The van der Waals surface area contributed by atoms with Crippen LogP contribution in [0.4, 0.5) is 11.4 Å². The first-order chi connectivity index (χ1) is 16.1. The standard InChI is InChI=1S/C24H27N3O6/c28-23(25-17-2-4-19-21(12-17)31-11-1-10-30-19)14-27-8-6-16(7-9-27)24(29)26-18-3-5-20-22(13-18)33-15-32-20/h2-5,12-13,16H,1,6-11,14-15H2,(H,25,28)(H,26,29). The second kappa shape index (κ2) is 9.58. The normalized spacial score (nSPS) is 17.8. The first-order valence-electron chi connectivity index (χ1n) is 11.3. The Bertz CT molecular complexity index is 1030. The van der Waals surface area contributed by atoms with Crippen molar-refractivity contribution in [1.82, 2.24) is 4.90 Å². The van der Waals surface area contributed by atoms with E-state index >= 15 is 0 Å². The van der Waals surface area contributed by atoms with Crippen molar-refractivity contribution in [2.75, 3.05) is 50.3 Å². The smallest absolute Gasteiger partial charge is 0.238 e. The number of ether oxygens (including phenoxy) is 4. The number of carbonyl (C=O) groups is 2. The largest absolute Gasteiger partial charge is 0.490 e. The molecule has 0 bridgehead atoms. The van der Waals surface area contributed by atoms with Gasteiger partial charge < -0.3 is 29.6 Å². The zero-order valence-corrected chi connectivity index (χ0v) is 18.3. The molecule has 9 nitrogen and oxygen atoms in total. The molecule has 1 fully saturated rings. The quantitative estimate of drug-likeness (QED) is 0.718. The first-order valence-corrected chi connectivity index (χ1v) is 11.3. The van der Waals surface area contributed by atoms with Crippen molar-refractivity contribution in [1.29, 1.82) is 0 Å². The van der Waals surface area contributed by atoms with E-state index < -0.39 is 0 Å². The number of carbonyl (C=O) groups excluding carboxylic acids is 2. The van der Waals surface area contributed by atoms with Crippen molar-refractivity contribution >= 4 is 23.2 Å². The molecule has 3 aliphatic heterocycles. The third-order valence-corrected chi connectivity index (χ3v) is 6.00. The number of nitrogens with zero attached hydrogens (tertiary/aromatic N) is 1. The van der Waals surface area contributed by atoms with Crippen molar-refractivity contribution in [2.45, 2.75) is 19.3 Å². The molecule has 2 aromatic rings. The Labute approximate surface area is 191 Å². The highest BCUT2D eigenvalue weighted by Gasteiger charge is 2.26. The molecule has 174 valence electrons. The van der Waals surface area contributed by atoms with Crippen molar-refractivity contribution < 1.29 is 28.5 Å². The molecular weight excluding hydrogens is 426 g/mol. The highest BCUT2D eigenvalue weighted by molar-refractivity contribution is 5.93. The van der Waals surface area contributed by atoms with Crippen LogP contribution >= 0.6 is 0 Å². The second-order valence-corrected chi connectivity index (χ2v) is 8.37. The minimum atomic E-state index is -0.0900. The lowest BCUT2D eigenvalue weighted by Gasteiger charge is -2.30. The lowest BCUT2D eigenvalue weighted by Crippen LogP contribution is -2.41. The maximum absolute atomic E-state index is 12.7. The lowest BCUT2D eigenvalue weighted by molar-refractivity contribution is -0.121. The van der Waals surface area contributed by atoms with E-state index in [4.69, 9.17) is 18.9 Å². The van der Waals surface area contributed by atoms with E-state index in [1.165, 1.54) is 0 Å². The van der Waals surface area contributed by atoms with Crippen LogP contribution in [0.1, 0.15) is 19.3 Å². The maximum Gasteiger partial charge on any atom is 0.238 e. The Morgan fingerprint density at radius 3 is 2.18 bits per heavy atom. The van der Waals surface area contributed by atoms with Gasteiger partial charge in [0.25, 0.3) is 0 Å². The number of rotatable bonds is 5. The van der Waals surface area contributed by atoms with Crippen LogP contribution < -0.4 is 29.6 Å². The molecule has 5 rings (SSSR count). The number of nitrogens with one attached hydrogen (secondary N) is 2. The van der Waals surface area contributed by atoms with Gasteiger partial charge in [-0.05, 0) is 50.2 Å². The van der Waals surface area contributed by atoms with Gasteiger partial charge in [0.1, 0.15) is 0 Å². The van der Waals surface area contributed by atoms with Gasteiger partial charge >= 0.3 is 0 Å². The fourth-order valence-corrected chi connectivity index (χ4v) is 4.22. The summed E-state index contributed by atoms with van der Waals surface area (Å²) in [7, 11) is 0. The predicted octanol–water partition coefficient (Wildman–Crippen LogP) is 2.87. The van der Waals surface area contributed by atoms with E-state index in [0.29, 0.717) is 73.5 Å². The van der Waals surface area contributed by atoms with E-state index in [1.54, 1.807) is 18.2 Å². The molecule has 0 aromatic heterocycles. The number of amides is 2. The van der Waals surface area contributed by atoms with Gasteiger partial charge in [0.15, 0.2) is 23.0 Å². The van der Waals surface area contributed by atoms with Gasteiger partial charge in [0, 0.05) is 35.8 Å². The molecule has 33 heavy (non-hydrogen) atoms. The van der Waals surface area contributed by atoms with Crippen LogP contribution in [0.2, 0.25) is 0 Å². The van der Waals surface area contributed by atoms with Gasteiger partial charge in [0.2, 0.25) is 18.6 Å². The summed E-state index contributed by atoms with van der Waals surface area (Å²) in [5.41, 5.74) is 1.38. The summed E-state index contributed by atoms with van der Waals surface area (Å²) in [5, 5.41) is 5.89. The Balaban J connectivity index is 1.08. The molecule has 2 N–H and O–H groups in total. The molecule has 0 unspecified atom stereocenters. The summed E-state index contributed by atoms with van der Waals surface area (Å²) in [6.45, 7) is 3.09. The van der Waals surface area contributed by atoms with E-state index in [-0.39, 0.29) is 31.1 Å². The van der Waals surface area contributed by atoms with E-state index in [1.807, 2.05) is 18.2 Å². The SMILES string of the molecule is O=C(CN1CCC(C(=O)Nc2ccc3c(c2)OCO3)CC1)Nc1ccc2c(c1)OCCCO2. The summed E-state index contributed by atoms with van der Waals surface area (Å²) in [6, 6.07) is 10.8. The Hall–Kier alpha value is -3.46. The van der Waals surface area contributed by atoms with Gasteiger partial charge in [0.05, 0.1) is 19.8 Å². The third kappa shape index (κ3) is 5.14. The topological polar surface area (TPSA) is 98.4 Å². The summed E-state index contributed by atoms with van der Waals surface area (Å²) in [6.07, 6.45) is 2.24. The molecule has 1 saturated heterocycles. The third-order valence-electron chi connectivity index (χ3n) is 6.00. The van der Waals surface area contributed by atoms with E-state index in [9.17, 15) is 9.59 Å². The Morgan fingerprint density at radius 2 is 1.42 bits per heavy atom. The van der Waals surface area contributed by atoms with Crippen molar-refractivity contribution in [3.63, 3.8) is 0 Å². The maximum atomic E-state index is 12.7. The fraction of sp³-hybridized carbons (Fsp3) is 0.417. The van der Waals surface area contributed by atoms with Crippen LogP contribution in [-0.4, -0.2) is 56.4 Å². The molecule has 0 atom stereocenters. The number of piperidine rings is 1. The van der Waals surface area contributed by atoms with Gasteiger partial charge in [-0.3, -0.25) is 14.5 Å². The lowest BCUT2D eigenvalue weighted by atomic mass is 9.95. The number of likely N-dealkylation sites (tertiary alicyclic amines) is 1. The van der Waals surface area contributed by atoms with Gasteiger partial charge in [-0.15, -0.1) is 0 Å². The Kier molecular flexibility index (Phi) is 6.21. The van der Waals surface area contributed by atoms with Crippen molar-refractivity contribution in [3.05, 3.63) is 36.4 Å². The van der Waals surface area contributed by atoms with Crippen LogP contribution in [-0.2, 0) is 9.59 Å². The summed E-state index contributed by atoms with van der Waals surface area (Å²) in [4.78, 5) is 27.3. The molecule has 0 spiro atoms. The zero-order chi connectivity index (χ0) is 22.6. The molecule has 3 aliphatic rings. The number of hydrogen-bond acceptors (Lipinski definition) is 7. The molecule has 3 heterocycles. The van der Waals surface area contributed by atoms with E-state index in [2.05, 4.69) is 15.5 Å². The average molecular weight is 453 g/mol. The minimum absolute atomic E-state index is 0.00911. The monoisotopic (exact) mass is 453 g/mol. The first kappa shape index (κ1) is 21.4. The number of benzene rings is 2. The highest BCUT2D eigenvalue weighted by Crippen LogP contribution is 2.35. The van der Waals surface area contributed by atoms with Crippen LogP contribution in [0, 0.1) is 5.92 Å². The molecule has 2 aromatic carbocycles. The van der Waals surface area contributed by atoms with Crippen LogP contribution in [0.3, 0.4) is 0 Å². The molecule has 9 heteroatoms. The number of anilines is 2. The summed E-state index contributed by atoms with van der Waals surface area (Å²) in [5.74, 6) is 2.49. The Morgan fingerprint density at radius 1 is 0.818 bits per heavy atom. The summed E-state index contributed by atoms with van der Waals surface area (Å²) >= 11 is 0. The molecule has 0 aliphatic carbocycles. The second-order valence-electron chi connectivity index (χ2n) is 8.37. The van der Waals surface area contributed by atoms with Crippen molar-refractivity contribution in [3.8, 4) is 23.0 Å². The highest BCUT2D eigenvalue weighted by atomic mass is 16.7. The number of hydrogen-bond donors (Lipinski definition) is 2.